The van der Waals surface area contributed by atoms with E-state index in [0.29, 0.717) is 24.3 Å². The van der Waals surface area contributed by atoms with E-state index in [2.05, 4.69) is 11.9 Å². The fraction of sp³-hybridized carbons (Fsp3) is 0.667. The smallest absolute Gasteiger partial charge is 0.330 e. The molecule has 0 radical (unpaired) electrons. The number of nitrogens with zero attached hydrogens (tertiary/aromatic N) is 4. The van der Waals surface area contributed by atoms with Crippen LogP contribution >= 0.6 is 0 Å². The molecule has 7 heteroatoms. The summed E-state index contributed by atoms with van der Waals surface area (Å²) in [5.74, 6) is 0.850. The van der Waals surface area contributed by atoms with E-state index in [0.717, 1.165) is 25.1 Å². The largest absolute Gasteiger partial charge is 0.332 e. The number of aryl methyl sites for hydroxylation is 2. The maximum Gasteiger partial charge on any atom is 0.332 e. The van der Waals surface area contributed by atoms with Crippen molar-refractivity contribution in [2.45, 2.75) is 52.6 Å². The molecule has 2 N–H and O–H groups in total. The van der Waals surface area contributed by atoms with Gasteiger partial charge in [-0.05, 0) is 33.2 Å². The minimum absolute atomic E-state index is 0.0610. The zero-order valence-corrected chi connectivity index (χ0v) is 13.8. The lowest BCUT2D eigenvalue weighted by atomic mass is 10.3. The standard InChI is InChI=1S/C15H25N5O2/c1-5-7-11-17-13-12(19(11)9-6-8-16)14(21)18(4)15(22)20(13)10(2)3/h10H,5-9,16H2,1-4H3. The van der Waals surface area contributed by atoms with Gasteiger partial charge in [0.15, 0.2) is 11.2 Å². The molecule has 7 nitrogen and oxygen atoms in total. The molecule has 2 aromatic rings. The van der Waals surface area contributed by atoms with Gasteiger partial charge in [-0.3, -0.25) is 13.9 Å². The summed E-state index contributed by atoms with van der Waals surface area (Å²) >= 11 is 0. The summed E-state index contributed by atoms with van der Waals surface area (Å²) in [5, 5.41) is 0. The predicted octanol–water partition coefficient (Wildman–Crippen LogP) is 0.779. The molecule has 2 heterocycles. The highest BCUT2D eigenvalue weighted by atomic mass is 16.2. The number of aromatic nitrogens is 4. The van der Waals surface area contributed by atoms with E-state index in [1.54, 1.807) is 4.57 Å². The second-order valence-corrected chi connectivity index (χ2v) is 5.85. The predicted molar refractivity (Wildman–Crippen MR) is 87.3 cm³/mol. The van der Waals surface area contributed by atoms with Gasteiger partial charge < -0.3 is 10.3 Å². The monoisotopic (exact) mass is 307 g/mol. The van der Waals surface area contributed by atoms with E-state index in [-0.39, 0.29) is 17.3 Å². The first-order valence-corrected chi connectivity index (χ1v) is 7.84. The van der Waals surface area contributed by atoms with Crippen LogP contribution in [0.25, 0.3) is 11.2 Å². The number of rotatable bonds is 6. The van der Waals surface area contributed by atoms with Crippen LogP contribution in [-0.2, 0) is 20.0 Å². The minimum Gasteiger partial charge on any atom is -0.330 e. The first kappa shape index (κ1) is 16.5. The summed E-state index contributed by atoms with van der Waals surface area (Å²) in [7, 11) is 1.52. The lowest BCUT2D eigenvalue weighted by molar-refractivity contribution is 0.550. The Bertz CT molecular complexity index is 782. The molecule has 0 bridgehead atoms. The van der Waals surface area contributed by atoms with Gasteiger partial charge in [-0.2, -0.15) is 0 Å². The van der Waals surface area contributed by atoms with Gasteiger partial charge in [-0.1, -0.05) is 6.92 Å². The second-order valence-electron chi connectivity index (χ2n) is 5.85. The lowest BCUT2D eigenvalue weighted by Crippen LogP contribution is -2.39. The highest BCUT2D eigenvalue weighted by Crippen LogP contribution is 2.16. The molecule has 2 aromatic heterocycles. The van der Waals surface area contributed by atoms with Crippen LogP contribution in [0.15, 0.2) is 9.59 Å². The third-order valence-electron chi connectivity index (χ3n) is 3.83. The third kappa shape index (κ3) is 2.61. The Hall–Kier alpha value is -1.89. The van der Waals surface area contributed by atoms with Gasteiger partial charge in [0.05, 0.1) is 0 Å². The van der Waals surface area contributed by atoms with Crippen LogP contribution in [0.2, 0.25) is 0 Å². The van der Waals surface area contributed by atoms with Gasteiger partial charge >= 0.3 is 5.69 Å². The van der Waals surface area contributed by atoms with Gasteiger partial charge in [0.1, 0.15) is 5.82 Å². The zero-order chi connectivity index (χ0) is 16.4. The highest BCUT2D eigenvalue weighted by molar-refractivity contribution is 5.71. The number of hydrogen-bond acceptors (Lipinski definition) is 4. The van der Waals surface area contributed by atoms with Crippen LogP contribution in [0, 0.1) is 0 Å². The van der Waals surface area contributed by atoms with Crippen molar-refractivity contribution in [3.8, 4) is 0 Å². The van der Waals surface area contributed by atoms with Crippen molar-refractivity contribution in [1.29, 1.82) is 0 Å². The molecule has 0 aliphatic carbocycles. The summed E-state index contributed by atoms with van der Waals surface area (Å²) < 4.78 is 4.69. The van der Waals surface area contributed by atoms with Crippen LogP contribution in [0.1, 0.15) is 45.5 Å². The molecule has 22 heavy (non-hydrogen) atoms. The Morgan fingerprint density at radius 1 is 1.27 bits per heavy atom. The Kier molecular flexibility index (Phi) is 4.85. The molecule has 0 fully saturated rings. The Morgan fingerprint density at radius 2 is 1.95 bits per heavy atom. The average molecular weight is 307 g/mol. The van der Waals surface area contributed by atoms with Crippen LogP contribution < -0.4 is 17.0 Å². The van der Waals surface area contributed by atoms with Crippen molar-refractivity contribution < 1.29 is 0 Å². The van der Waals surface area contributed by atoms with Gasteiger partial charge in [0, 0.05) is 26.1 Å². The molecular formula is C15H25N5O2. The summed E-state index contributed by atoms with van der Waals surface area (Å²) in [6.45, 7) is 7.11. The number of imidazole rings is 1. The summed E-state index contributed by atoms with van der Waals surface area (Å²) in [4.78, 5) is 29.6. The van der Waals surface area contributed by atoms with Crippen LogP contribution in [0.3, 0.4) is 0 Å². The van der Waals surface area contributed by atoms with Crippen molar-refractivity contribution in [2.24, 2.45) is 12.8 Å². The molecule has 0 saturated carbocycles. The van der Waals surface area contributed by atoms with E-state index in [1.165, 1.54) is 11.6 Å². The molecule has 0 saturated heterocycles. The maximum absolute atomic E-state index is 12.6. The molecule has 0 amide bonds. The Balaban J connectivity index is 2.89. The van der Waals surface area contributed by atoms with Crippen molar-refractivity contribution in [2.75, 3.05) is 6.54 Å². The fourth-order valence-electron chi connectivity index (χ4n) is 2.73. The number of nitrogens with two attached hydrogens (primary N) is 1. The molecular weight excluding hydrogens is 282 g/mol. The highest BCUT2D eigenvalue weighted by Gasteiger charge is 2.20. The third-order valence-corrected chi connectivity index (χ3v) is 3.83. The van der Waals surface area contributed by atoms with E-state index in [1.807, 2.05) is 18.4 Å². The van der Waals surface area contributed by atoms with Crippen LogP contribution in [0.4, 0.5) is 0 Å². The molecule has 0 aliphatic heterocycles. The maximum atomic E-state index is 12.6. The number of fused-ring (bicyclic) bond motifs is 1. The lowest BCUT2D eigenvalue weighted by Gasteiger charge is -2.13. The first-order chi connectivity index (χ1) is 10.4. The summed E-state index contributed by atoms with van der Waals surface area (Å²) in [5.41, 5.74) is 6.00. The molecule has 122 valence electrons. The van der Waals surface area contributed by atoms with Crippen molar-refractivity contribution in [3.63, 3.8) is 0 Å². The van der Waals surface area contributed by atoms with Crippen molar-refractivity contribution >= 4 is 11.2 Å². The molecule has 0 atom stereocenters. The van der Waals surface area contributed by atoms with Gasteiger partial charge in [-0.25, -0.2) is 9.78 Å². The zero-order valence-electron chi connectivity index (χ0n) is 13.8. The minimum atomic E-state index is -0.320. The quantitative estimate of drug-likeness (QED) is 0.854. The summed E-state index contributed by atoms with van der Waals surface area (Å²) in [6, 6.07) is -0.0610. The molecule has 2 rings (SSSR count). The number of hydrogen-bond donors (Lipinski definition) is 1. The van der Waals surface area contributed by atoms with Gasteiger partial charge in [-0.15, -0.1) is 0 Å². The normalized spacial score (nSPS) is 11.7. The van der Waals surface area contributed by atoms with E-state index in [9.17, 15) is 9.59 Å². The SMILES string of the molecule is CCCc1nc2c(c(=O)n(C)c(=O)n2C(C)C)n1CCCN. The Labute approximate surface area is 129 Å². The van der Waals surface area contributed by atoms with Gasteiger partial charge in [0.2, 0.25) is 0 Å². The molecule has 0 spiro atoms. The molecule has 0 aliphatic rings. The van der Waals surface area contributed by atoms with Gasteiger partial charge in [0.25, 0.3) is 5.56 Å². The second kappa shape index (κ2) is 6.48. The molecule has 0 aromatic carbocycles. The van der Waals surface area contributed by atoms with Crippen LogP contribution in [-0.4, -0.2) is 25.2 Å². The average Bonchev–Trinajstić information content (AvgIpc) is 2.81. The summed E-state index contributed by atoms with van der Waals surface area (Å²) in [6.07, 6.45) is 2.47. The topological polar surface area (TPSA) is 87.8 Å². The Morgan fingerprint density at radius 3 is 2.50 bits per heavy atom. The molecule has 0 unspecified atom stereocenters. The van der Waals surface area contributed by atoms with E-state index >= 15 is 0 Å². The van der Waals surface area contributed by atoms with E-state index in [4.69, 9.17) is 5.73 Å². The first-order valence-electron chi connectivity index (χ1n) is 7.84. The van der Waals surface area contributed by atoms with Crippen molar-refractivity contribution in [1.82, 2.24) is 18.7 Å². The fourth-order valence-corrected chi connectivity index (χ4v) is 2.73. The van der Waals surface area contributed by atoms with Crippen molar-refractivity contribution in [3.05, 3.63) is 26.7 Å². The van der Waals surface area contributed by atoms with Crippen LogP contribution in [0.5, 0.6) is 0 Å². The van der Waals surface area contributed by atoms with E-state index < -0.39 is 0 Å².